The van der Waals surface area contributed by atoms with E-state index in [1.54, 1.807) is 6.07 Å². The largest absolute Gasteiger partial charge is 0.338 e. The predicted molar refractivity (Wildman–Crippen MR) is 73.1 cm³/mol. The van der Waals surface area contributed by atoms with Crippen molar-refractivity contribution < 1.29 is 9.32 Å². The fraction of sp³-hybridized carbons (Fsp3) is 0.231. The lowest BCUT2D eigenvalue weighted by Crippen LogP contribution is -2.17. The molecule has 5 heteroatoms. The maximum Gasteiger partial charge on any atom is 0.231 e. The summed E-state index contributed by atoms with van der Waals surface area (Å²) in [6.07, 6.45) is 0. The third-order valence-corrected chi connectivity index (χ3v) is 2.95. The number of anilines is 1. The summed E-state index contributed by atoms with van der Waals surface area (Å²) in [6, 6.07) is 9.42. The van der Waals surface area contributed by atoms with Crippen molar-refractivity contribution in [3.63, 3.8) is 0 Å². The Morgan fingerprint density at radius 1 is 1.33 bits per heavy atom. The quantitative estimate of drug-likeness (QED) is 0.940. The highest BCUT2D eigenvalue weighted by molar-refractivity contribution is 9.10. The van der Waals surface area contributed by atoms with Crippen LogP contribution in [-0.2, 0) is 4.79 Å². The third kappa shape index (κ3) is 2.98. The van der Waals surface area contributed by atoms with E-state index in [0.717, 1.165) is 10.0 Å². The molecule has 18 heavy (non-hydrogen) atoms. The fourth-order valence-corrected chi connectivity index (χ4v) is 1.62. The van der Waals surface area contributed by atoms with Crippen LogP contribution in [0, 0.1) is 5.92 Å². The van der Waals surface area contributed by atoms with Gasteiger partial charge in [0.05, 0.1) is 0 Å². The van der Waals surface area contributed by atoms with Gasteiger partial charge in [0.1, 0.15) is 5.69 Å². The summed E-state index contributed by atoms with van der Waals surface area (Å²) in [4.78, 5) is 11.5. The number of halogens is 1. The van der Waals surface area contributed by atoms with Gasteiger partial charge in [0.2, 0.25) is 11.8 Å². The van der Waals surface area contributed by atoms with Crippen LogP contribution in [-0.4, -0.2) is 11.1 Å². The van der Waals surface area contributed by atoms with Gasteiger partial charge in [-0.15, -0.1) is 0 Å². The molecule has 2 rings (SSSR count). The first-order chi connectivity index (χ1) is 8.56. The molecular formula is C13H13BrN2O2. The van der Waals surface area contributed by atoms with E-state index >= 15 is 0 Å². The van der Waals surface area contributed by atoms with E-state index in [1.165, 1.54) is 0 Å². The van der Waals surface area contributed by atoms with Crippen LogP contribution in [0.25, 0.3) is 11.3 Å². The molecule has 1 amide bonds. The van der Waals surface area contributed by atoms with Gasteiger partial charge in [-0.1, -0.05) is 47.1 Å². The van der Waals surface area contributed by atoms with Gasteiger partial charge in [0, 0.05) is 22.0 Å². The number of rotatable bonds is 3. The van der Waals surface area contributed by atoms with Crippen LogP contribution in [0.3, 0.4) is 0 Å². The Kier molecular flexibility index (Phi) is 3.81. The van der Waals surface area contributed by atoms with E-state index < -0.39 is 0 Å². The number of hydrogen-bond acceptors (Lipinski definition) is 3. The van der Waals surface area contributed by atoms with Crippen molar-refractivity contribution in [2.75, 3.05) is 5.32 Å². The van der Waals surface area contributed by atoms with Crippen LogP contribution in [0.5, 0.6) is 0 Å². The molecule has 1 aromatic carbocycles. The minimum Gasteiger partial charge on any atom is -0.338 e. The van der Waals surface area contributed by atoms with Gasteiger partial charge in [-0.3, -0.25) is 10.1 Å². The molecule has 0 aliphatic rings. The monoisotopic (exact) mass is 308 g/mol. The summed E-state index contributed by atoms with van der Waals surface area (Å²) in [7, 11) is 0. The highest BCUT2D eigenvalue weighted by Gasteiger charge is 2.11. The fourth-order valence-electron chi connectivity index (χ4n) is 1.36. The molecule has 0 unspecified atom stereocenters. The number of carbonyl (C=O) groups excluding carboxylic acids is 1. The van der Waals surface area contributed by atoms with Crippen LogP contribution in [0.4, 0.5) is 5.88 Å². The Hall–Kier alpha value is -1.62. The summed E-state index contributed by atoms with van der Waals surface area (Å²) < 4.78 is 6.08. The van der Waals surface area contributed by atoms with Gasteiger partial charge in [-0.25, -0.2) is 0 Å². The Morgan fingerprint density at radius 3 is 2.61 bits per heavy atom. The van der Waals surface area contributed by atoms with Gasteiger partial charge in [-0.2, -0.15) is 0 Å². The Balaban J connectivity index is 2.15. The molecule has 0 spiro atoms. The Labute approximate surface area is 113 Å². The zero-order valence-corrected chi connectivity index (χ0v) is 11.7. The van der Waals surface area contributed by atoms with Crippen molar-refractivity contribution in [3.05, 3.63) is 34.8 Å². The lowest BCUT2D eigenvalue weighted by molar-refractivity contribution is -0.119. The van der Waals surface area contributed by atoms with Crippen molar-refractivity contribution in [1.29, 1.82) is 0 Å². The minimum atomic E-state index is -0.0915. The normalized spacial score (nSPS) is 10.7. The van der Waals surface area contributed by atoms with Crippen molar-refractivity contribution in [1.82, 2.24) is 5.16 Å². The first-order valence-electron chi connectivity index (χ1n) is 5.60. The molecule has 4 nitrogen and oxygen atoms in total. The molecule has 0 bridgehead atoms. The zero-order chi connectivity index (χ0) is 13.1. The maximum absolute atomic E-state index is 11.5. The second-order valence-corrected chi connectivity index (χ2v) is 5.14. The molecule has 1 aromatic heterocycles. The van der Waals surface area contributed by atoms with E-state index in [0.29, 0.717) is 11.6 Å². The highest BCUT2D eigenvalue weighted by atomic mass is 79.9. The van der Waals surface area contributed by atoms with E-state index in [9.17, 15) is 4.79 Å². The maximum atomic E-state index is 11.5. The minimum absolute atomic E-state index is 0.0893. The van der Waals surface area contributed by atoms with Gasteiger partial charge in [-0.05, 0) is 12.1 Å². The van der Waals surface area contributed by atoms with Crippen LogP contribution in [0.1, 0.15) is 13.8 Å². The number of amides is 1. The molecule has 0 saturated heterocycles. The number of nitrogens with one attached hydrogen (secondary N) is 1. The SMILES string of the molecule is CC(C)C(=O)Nc1cc(-c2ccc(Br)cc2)no1. The second kappa shape index (κ2) is 5.35. The molecule has 0 radical (unpaired) electrons. The van der Waals surface area contributed by atoms with Crippen molar-refractivity contribution >= 4 is 27.7 Å². The summed E-state index contributed by atoms with van der Waals surface area (Å²) >= 11 is 3.37. The summed E-state index contributed by atoms with van der Waals surface area (Å²) in [6.45, 7) is 3.64. The molecule has 1 heterocycles. The lowest BCUT2D eigenvalue weighted by Gasteiger charge is -2.02. The lowest BCUT2D eigenvalue weighted by atomic mass is 10.1. The van der Waals surface area contributed by atoms with Gasteiger partial charge in [0.25, 0.3) is 0 Å². The molecule has 0 fully saturated rings. The van der Waals surface area contributed by atoms with Crippen LogP contribution in [0.2, 0.25) is 0 Å². The first kappa shape index (κ1) is 12.8. The van der Waals surface area contributed by atoms with Crippen molar-refractivity contribution in [2.45, 2.75) is 13.8 Å². The molecule has 0 aliphatic carbocycles. The average molecular weight is 309 g/mol. The molecule has 94 valence electrons. The summed E-state index contributed by atoms with van der Waals surface area (Å²) in [5, 5.41) is 6.59. The predicted octanol–water partition coefficient (Wildman–Crippen LogP) is 3.70. The van der Waals surface area contributed by atoms with Crippen molar-refractivity contribution in [3.8, 4) is 11.3 Å². The Morgan fingerprint density at radius 2 is 2.00 bits per heavy atom. The van der Waals surface area contributed by atoms with E-state index in [1.807, 2.05) is 38.1 Å². The zero-order valence-electron chi connectivity index (χ0n) is 10.1. The van der Waals surface area contributed by atoms with Gasteiger partial charge in [0.15, 0.2) is 0 Å². The third-order valence-electron chi connectivity index (χ3n) is 2.42. The number of nitrogens with zero attached hydrogens (tertiary/aromatic N) is 1. The average Bonchev–Trinajstić information content (AvgIpc) is 2.78. The molecule has 0 aliphatic heterocycles. The molecule has 0 saturated carbocycles. The number of aromatic nitrogens is 1. The topological polar surface area (TPSA) is 55.1 Å². The van der Waals surface area contributed by atoms with E-state index in [4.69, 9.17) is 4.52 Å². The van der Waals surface area contributed by atoms with E-state index in [-0.39, 0.29) is 11.8 Å². The molecule has 2 aromatic rings. The van der Waals surface area contributed by atoms with Crippen LogP contribution < -0.4 is 5.32 Å². The molecule has 1 N–H and O–H groups in total. The van der Waals surface area contributed by atoms with Gasteiger partial charge < -0.3 is 4.52 Å². The first-order valence-corrected chi connectivity index (χ1v) is 6.39. The highest BCUT2D eigenvalue weighted by Crippen LogP contribution is 2.23. The molecule has 0 atom stereocenters. The van der Waals surface area contributed by atoms with E-state index in [2.05, 4.69) is 26.4 Å². The summed E-state index contributed by atoms with van der Waals surface area (Å²) in [5.41, 5.74) is 1.63. The smallest absolute Gasteiger partial charge is 0.231 e. The van der Waals surface area contributed by atoms with Crippen LogP contribution in [0.15, 0.2) is 39.3 Å². The molecular weight excluding hydrogens is 296 g/mol. The van der Waals surface area contributed by atoms with Crippen LogP contribution >= 0.6 is 15.9 Å². The Bertz CT molecular complexity index is 546. The standard InChI is InChI=1S/C13H13BrN2O2/c1-8(2)13(17)15-12-7-11(16-18-12)9-3-5-10(14)6-4-9/h3-8H,1-2H3,(H,15,17). The summed E-state index contributed by atoms with van der Waals surface area (Å²) in [5.74, 6) is 0.186. The van der Waals surface area contributed by atoms with Gasteiger partial charge >= 0.3 is 0 Å². The number of benzene rings is 1. The van der Waals surface area contributed by atoms with Crippen molar-refractivity contribution in [2.24, 2.45) is 5.92 Å². The second-order valence-electron chi connectivity index (χ2n) is 4.23. The number of carbonyl (C=O) groups is 1. The number of hydrogen-bond donors (Lipinski definition) is 1.